The van der Waals surface area contributed by atoms with Crippen LogP contribution in [-0.4, -0.2) is 11.3 Å². The zero-order valence-electron chi connectivity index (χ0n) is 29.5. The van der Waals surface area contributed by atoms with E-state index in [4.69, 9.17) is 0 Å². The molecule has 11 rings (SSSR count). The molecule has 252 valence electrons. The first kappa shape index (κ1) is 30.6. The number of hydrogen-bond acceptors (Lipinski definition) is 2. The summed E-state index contributed by atoms with van der Waals surface area (Å²) in [7, 11) is 0. The highest BCUT2D eigenvalue weighted by Crippen LogP contribution is 2.51. The number of nitrogens with zero attached hydrogens (tertiary/aromatic N) is 3. The molecular weight excluding hydrogens is 653 g/mol. The normalized spacial score (nSPS) is 12.4. The molecule has 2 aliphatic heterocycles. The molecular formula is C50H34BN3. The third-order valence-electron chi connectivity index (χ3n) is 11.1. The highest BCUT2D eigenvalue weighted by molar-refractivity contribution is 6.89. The Labute approximate surface area is 315 Å². The Kier molecular flexibility index (Phi) is 6.96. The standard InChI is InChI=1S/C50H34BN3/c1-6-19-35(20-7-1)47-43-34-40(52(37-23-10-3-11-24-37)38-25-12-4-13-26-38)33-42-41-29-18-32-46-48(41)51(54(50(42)43)49(47)36-21-8-2-9-22-36)44-30-16-17-31-45(44)53(46)39-27-14-5-15-28-39/h1-34H. The molecule has 0 saturated carbocycles. The molecule has 4 heteroatoms. The van der Waals surface area contributed by atoms with Gasteiger partial charge in [0.05, 0.1) is 0 Å². The van der Waals surface area contributed by atoms with Gasteiger partial charge in [0.2, 0.25) is 0 Å². The number of aromatic nitrogens is 1. The summed E-state index contributed by atoms with van der Waals surface area (Å²) < 4.78 is 2.68. The van der Waals surface area contributed by atoms with Crippen molar-refractivity contribution in [3.05, 3.63) is 206 Å². The molecule has 1 aromatic heterocycles. The van der Waals surface area contributed by atoms with Crippen molar-refractivity contribution in [3.63, 3.8) is 0 Å². The van der Waals surface area contributed by atoms with Gasteiger partial charge in [-0.3, -0.25) is 0 Å². The quantitative estimate of drug-likeness (QED) is 0.161. The number of para-hydroxylation sites is 4. The van der Waals surface area contributed by atoms with Crippen molar-refractivity contribution in [1.82, 2.24) is 4.48 Å². The van der Waals surface area contributed by atoms with E-state index >= 15 is 0 Å². The Bertz CT molecular complexity index is 2780. The van der Waals surface area contributed by atoms with Crippen LogP contribution in [0.5, 0.6) is 0 Å². The van der Waals surface area contributed by atoms with Crippen LogP contribution in [0.25, 0.3) is 44.4 Å². The molecule has 0 saturated heterocycles. The van der Waals surface area contributed by atoms with E-state index in [0.29, 0.717) is 0 Å². The van der Waals surface area contributed by atoms with Gasteiger partial charge in [-0.1, -0.05) is 146 Å². The van der Waals surface area contributed by atoms with E-state index in [-0.39, 0.29) is 6.85 Å². The Balaban J connectivity index is 1.32. The molecule has 0 unspecified atom stereocenters. The van der Waals surface area contributed by atoms with Gasteiger partial charge in [0, 0.05) is 61.8 Å². The predicted octanol–water partition coefficient (Wildman–Crippen LogP) is 11.9. The fourth-order valence-electron chi connectivity index (χ4n) is 9.00. The van der Waals surface area contributed by atoms with Crippen molar-refractivity contribution in [1.29, 1.82) is 0 Å². The fraction of sp³-hybridized carbons (Fsp3) is 0. The van der Waals surface area contributed by atoms with Gasteiger partial charge < -0.3 is 14.3 Å². The van der Waals surface area contributed by atoms with Crippen molar-refractivity contribution in [3.8, 4) is 33.5 Å². The lowest BCUT2D eigenvalue weighted by Crippen LogP contribution is -2.56. The van der Waals surface area contributed by atoms with Gasteiger partial charge >= 0.3 is 6.85 Å². The molecule has 3 nitrogen and oxygen atoms in total. The second-order valence-electron chi connectivity index (χ2n) is 14.1. The maximum atomic E-state index is 2.68. The summed E-state index contributed by atoms with van der Waals surface area (Å²) in [4.78, 5) is 4.86. The van der Waals surface area contributed by atoms with Crippen molar-refractivity contribution in [2.75, 3.05) is 9.80 Å². The molecule has 3 heterocycles. The molecule has 0 atom stereocenters. The van der Waals surface area contributed by atoms with E-state index in [1.807, 2.05) is 0 Å². The zero-order chi connectivity index (χ0) is 35.6. The average molecular weight is 688 g/mol. The molecule has 0 bridgehead atoms. The molecule has 0 N–H and O–H groups in total. The Morgan fingerprint density at radius 3 is 1.65 bits per heavy atom. The third kappa shape index (κ3) is 4.57. The van der Waals surface area contributed by atoms with Crippen molar-refractivity contribution in [2.45, 2.75) is 0 Å². The first-order valence-corrected chi connectivity index (χ1v) is 18.7. The molecule has 0 radical (unpaired) electrons. The summed E-state index contributed by atoms with van der Waals surface area (Å²) in [6.45, 7) is -0.0415. The molecule has 0 aliphatic carbocycles. The maximum Gasteiger partial charge on any atom is 0.333 e. The second-order valence-corrected chi connectivity index (χ2v) is 14.1. The van der Waals surface area contributed by atoms with Crippen LogP contribution in [0.4, 0.5) is 34.1 Å². The van der Waals surface area contributed by atoms with E-state index in [0.717, 1.165) is 22.7 Å². The lowest BCUT2D eigenvalue weighted by Gasteiger charge is -2.40. The van der Waals surface area contributed by atoms with E-state index in [1.54, 1.807) is 0 Å². The first-order chi connectivity index (χ1) is 26.8. The number of hydrogen-bond donors (Lipinski definition) is 0. The van der Waals surface area contributed by atoms with E-state index in [2.05, 4.69) is 221 Å². The summed E-state index contributed by atoms with van der Waals surface area (Å²) >= 11 is 0. The highest BCUT2D eigenvalue weighted by Gasteiger charge is 2.44. The van der Waals surface area contributed by atoms with Crippen LogP contribution in [0.3, 0.4) is 0 Å². The van der Waals surface area contributed by atoms with Gasteiger partial charge in [-0.25, -0.2) is 0 Å². The molecule has 0 amide bonds. The van der Waals surface area contributed by atoms with Crippen LogP contribution in [-0.2, 0) is 0 Å². The van der Waals surface area contributed by atoms with Gasteiger partial charge in [-0.15, -0.1) is 0 Å². The Morgan fingerprint density at radius 1 is 0.426 bits per heavy atom. The topological polar surface area (TPSA) is 11.4 Å². The maximum absolute atomic E-state index is 2.68. The minimum Gasteiger partial charge on any atom is -0.375 e. The third-order valence-corrected chi connectivity index (χ3v) is 11.1. The largest absolute Gasteiger partial charge is 0.375 e. The van der Waals surface area contributed by atoms with Crippen LogP contribution in [0.2, 0.25) is 0 Å². The van der Waals surface area contributed by atoms with Crippen LogP contribution < -0.4 is 20.7 Å². The van der Waals surface area contributed by atoms with E-state index < -0.39 is 0 Å². The molecule has 0 spiro atoms. The highest BCUT2D eigenvalue weighted by atomic mass is 15.2. The number of rotatable bonds is 6. The SMILES string of the molecule is c1ccc(-c2c(-c3ccccc3)n3c4c(cc(N(c5ccccc5)c5ccccc5)cc24)-c2cccc4c2B3c2ccccc2N4c2ccccc2)cc1. The van der Waals surface area contributed by atoms with Crippen LogP contribution in [0.1, 0.15) is 0 Å². The fourth-order valence-corrected chi connectivity index (χ4v) is 9.00. The lowest BCUT2D eigenvalue weighted by molar-refractivity contribution is 1.23. The second kappa shape index (κ2) is 12.3. The summed E-state index contributed by atoms with van der Waals surface area (Å²) in [6, 6.07) is 75.1. The first-order valence-electron chi connectivity index (χ1n) is 18.7. The predicted molar refractivity (Wildman–Crippen MR) is 228 cm³/mol. The van der Waals surface area contributed by atoms with Crippen LogP contribution >= 0.6 is 0 Å². The van der Waals surface area contributed by atoms with E-state index in [9.17, 15) is 0 Å². The summed E-state index contributed by atoms with van der Waals surface area (Å²) in [5.74, 6) is 0. The van der Waals surface area contributed by atoms with Gasteiger partial charge in [-0.05, 0) is 88.3 Å². The van der Waals surface area contributed by atoms with Crippen molar-refractivity contribution in [2.24, 2.45) is 0 Å². The van der Waals surface area contributed by atoms with E-state index in [1.165, 1.54) is 66.7 Å². The lowest BCUT2D eigenvalue weighted by atomic mass is 9.45. The summed E-state index contributed by atoms with van der Waals surface area (Å²) in [5, 5.41) is 1.24. The Morgan fingerprint density at radius 2 is 0.981 bits per heavy atom. The molecule has 8 aromatic carbocycles. The molecule has 54 heavy (non-hydrogen) atoms. The molecule has 2 aliphatic rings. The molecule has 0 fully saturated rings. The minimum atomic E-state index is -0.0415. The zero-order valence-corrected chi connectivity index (χ0v) is 29.5. The van der Waals surface area contributed by atoms with Crippen molar-refractivity contribution >= 4 is 62.8 Å². The minimum absolute atomic E-state index is 0.0415. The number of benzene rings is 8. The summed E-state index contributed by atoms with van der Waals surface area (Å²) in [6.07, 6.45) is 0. The van der Waals surface area contributed by atoms with Crippen LogP contribution in [0, 0.1) is 0 Å². The monoisotopic (exact) mass is 687 g/mol. The molecule has 9 aromatic rings. The van der Waals surface area contributed by atoms with Gasteiger partial charge in [0.1, 0.15) is 0 Å². The van der Waals surface area contributed by atoms with Crippen molar-refractivity contribution < 1.29 is 0 Å². The summed E-state index contributed by atoms with van der Waals surface area (Å²) in [5.41, 5.74) is 18.2. The van der Waals surface area contributed by atoms with Gasteiger partial charge in [-0.2, -0.15) is 0 Å². The van der Waals surface area contributed by atoms with Gasteiger partial charge in [0.15, 0.2) is 0 Å². The Hall–Kier alpha value is -7.04. The smallest absolute Gasteiger partial charge is 0.333 e. The van der Waals surface area contributed by atoms with Crippen LogP contribution in [0.15, 0.2) is 206 Å². The average Bonchev–Trinajstić information content (AvgIpc) is 3.59. The number of anilines is 6. The van der Waals surface area contributed by atoms with Gasteiger partial charge in [0.25, 0.3) is 0 Å². The number of fused-ring (bicyclic) bond motifs is 4.